The minimum absolute atomic E-state index is 0.0512. The van der Waals surface area contributed by atoms with Crippen molar-refractivity contribution in [3.05, 3.63) is 33.8 Å². The molecule has 5 heteroatoms. The lowest BCUT2D eigenvalue weighted by Crippen LogP contribution is -2.60. The SMILES string of the molecule is CCN(CC)C(C)(C)C(Cc1ccc(Cl)c(Cl)c1)NN. The van der Waals surface area contributed by atoms with Gasteiger partial charge in [-0.3, -0.25) is 16.2 Å². The monoisotopic (exact) mass is 317 g/mol. The van der Waals surface area contributed by atoms with Gasteiger partial charge in [-0.2, -0.15) is 0 Å². The zero-order valence-electron chi connectivity index (χ0n) is 12.7. The van der Waals surface area contributed by atoms with Crippen LogP contribution in [0.25, 0.3) is 0 Å². The molecule has 3 nitrogen and oxygen atoms in total. The van der Waals surface area contributed by atoms with Gasteiger partial charge in [-0.25, -0.2) is 0 Å². The quantitative estimate of drug-likeness (QED) is 0.597. The van der Waals surface area contributed by atoms with Crippen molar-refractivity contribution >= 4 is 23.2 Å². The molecule has 0 radical (unpaired) electrons. The van der Waals surface area contributed by atoms with E-state index in [-0.39, 0.29) is 11.6 Å². The van der Waals surface area contributed by atoms with Crippen LogP contribution >= 0.6 is 23.2 Å². The van der Waals surface area contributed by atoms with Gasteiger partial charge in [-0.15, -0.1) is 0 Å². The van der Waals surface area contributed by atoms with E-state index >= 15 is 0 Å². The Morgan fingerprint density at radius 3 is 2.25 bits per heavy atom. The Labute approximate surface area is 132 Å². The minimum Gasteiger partial charge on any atom is -0.297 e. The molecule has 0 spiro atoms. The van der Waals surface area contributed by atoms with Gasteiger partial charge < -0.3 is 0 Å². The Morgan fingerprint density at radius 1 is 1.20 bits per heavy atom. The molecule has 0 fully saturated rings. The largest absolute Gasteiger partial charge is 0.297 e. The average molecular weight is 318 g/mol. The molecule has 0 aliphatic heterocycles. The predicted molar refractivity (Wildman–Crippen MR) is 88.3 cm³/mol. The Bertz CT molecular complexity index is 431. The lowest BCUT2D eigenvalue weighted by molar-refractivity contribution is 0.0912. The van der Waals surface area contributed by atoms with Gasteiger partial charge in [0.05, 0.1) is 10.0 Å². The van der Waals surface area contributed by atoms with Crippen molar-refractivity contribution in [3.8, 4) is 0 Å². The number of likely N-dealkylation sites (N-methyl/N-ethyl adjacent to an activating group) is 1. The molecule has 0 amide bonds. The summed E-state index contributed by atoms with van der Waals surface area (Å²) < 4.78 is 0. The fourth-order valence-electron chi connectivity index (χ4n) is 2.67. The second kappa shape index (κ2) is 7.62. The summed E-state index contributed by atoms with van der Waals surface area (Å²) >= 11 is 12.0. The van der Waals surface area contributed by atoms with Crippen molar-refractivity contribution in [1.82, 2.24) is 10.3 Å². The first-order valence-corrected chi connectivity index (χ1v) is 7.77. The summed E-state index contributed by atoms with van der Waals surface area (Å²) in [6.07, 6.45) is 0.802. The fraction of sp³-hybridized carbons (Fsp3) is 0.600. The van der Waals surface area contributed by atoms with Crippen molar-refractivity contribution in [2.24, 2.45) is 5.84 Å². The summed E-state index contributed by atoms with van der Waals surface area (Å²) in [7, 11) is 0. The van der Waals surface area contributed by atoms with Gasteiger partial charge >= 0.3 is 0 Å². The van der Waals surface area contributed by atoms with Crippen LogP contribution in [0.3, 0.4) is 0 Å². The Kier molecular flexibility index (Phi) is 6.76. The first kappa shape index (κ1) is 17.7. The number of benzene rings is 1. The van der Waals surface area contributed by atoms with E-state index in [0.29, 0.717) is 10.0 Å². The van der Waals surface area contributed by atoms with Crippen molar-refractivity contribution in [3.63, 3.8) is 0 Å². The smallest absolute Gasteiger partial charge is 0.0595 e. The van der Waals surface area contributed by atoms with Crippen LogP contribution in [-0.4, -0.2) is 29.6 Å². The zero-order valence-corrected chi connectivity index (χ0v) is 14.2. The third-order valence-corrected chi connectivity index (χ3v) is 4.80. The zero-order chi connectivity index (χ0) is 15.3. The first-order chi connectivity index (χ1) is 9.36. The van der Waals surface area contributed by atoms with Gasteiger partial charge in [0.25, 0.3) is 0 Å². The van der Waals surface area contributed by atoms with Crippen LogP contribution < -0.4 is 11.3 Å². The summed E-state index contributed by atoms with van der Waals surface area (Å²) in [5.41, 5.74) is 4.03. The molecule has 1 rings (SSSR count). The van der Waals surface area contributed by atoms with E-state index in [1.807, 2.05) is 18.2 Å². The number of nitrogens with one attached hydrogen (secondary N) is 1. The van der Waals surface area contributed by atoms with Crippen LogP contribution in [0.15, 0.2) is 18.2 Å². The third-order valence-electron chi connectivity index (χ3n) is 4.06. The Hall–Kier alpha value is -0.320. The van der Waals surface area contributed by atoms with Crippen molar-refractivity contribution in [2.75, 3.05) is 13.1 Å². The van der Waals surface area contributed by atoms with Crippen LogP contribution in [0, 0.1) is 0 Å². The van der Waals surface area contributed by atoms with Crippen LogP contribution in [-0.2, 0) is 6.42 Å². The average Bonchev–Trinajstić information content (AvgIpc) is 2.40. The Morgan fingerprint density at radius 2 is 1.80 bits per heavy atom. The summed E-state index contributed by atoms with van der Waals surface area (Å²) in [5, 5.41) is 1.16. The van der Waals surface area contributed by atoms with Gasteiger partial charge in [0.2, 0.25) is 0 Å². The highest BCUT2D eigenvalue weighted by Crippen LogP contribution is 2.26. The molecule has 1 atom stereocenters. The second-order valence-electron chi connectivity index (χ2n) is 5.50. The number of hydrazine groups is 1. The summed E-state index contributed by atoms with van der Waals surface area (Å²) in [4.78, 5) is 2.40. The standard InChI is InChI=1S/C15H25Cl2N3/c1-5-20(6-2)15(3,4)14(19-18)10-11-7-8-12(16)13(17)9-11/h7-9,14,19H,5-6,10,18H2,1-4H3. The third kappa shape index (κ3) is 4.09. The van der Waals surface area contributed by atoms with Crippen LogP contribution in [0.1, 0.15) is 33.3 Å². The van der Waals surface area contributed by atoms with E-state index in [1.54, 1.807) is 0 Å². The molecule has 1 aromatic rings. The number of nitrogens with zero attached hydrogens (tertiary/aromatic N) is 1. The van der Waals surface area contributed by atoms with E-state index in [2.05, 4.69) is 38.0 Å². The highest BCUT2D eigenvalue weighted by atomic mass is 35.5. The van der Waals surface area contributed by atoms with E-state index in [0.717, 1.165) is 25.1 Å². The molecular formula is C15H25Cl2N3. The lowest BCUT2D eigenvalue weighted by atomic mass is 9.88. The van der Waals surface area contributed by atoms with Crippen molar-refractivity contribution in [2.45, 2.75) is 45.7 Å². The molecular weight excluding hydrogens is 293 g/mol. The summed E-state index contributed by atoms with van der Waals surface area (Å²) in [6.45, 7) is 10.7. The van der Waals surface area contributed by atoms with Crippen LogP contribution in [0.5, 0.6) is 0 Å². The van der Waals surface area contributed by atoms with E-state index in [4.69, 9.17) is 29.0 Å². The lowest BCUT2D eigenvalue weighted by Gasteiger charge is -2.43. The maximum absolute atomic E-state index is 6.08. The van der Waals surface area contributed by atoms with Gasteiger partial charge in [-0.05, 0) is 51.1 Å². The van der Waals surface area contributed by atoms with Crippen LogP contribution in [0.4, 0.5) is 0 Å². The molecule has 0 saturated heterocycles. The highest BCUT2D eigenvalue weighted by molar-refractivity contribution is 6.42. The molecule has 114 valence electrons. The summed E-state index contributed by atoms with van der Waals surface area (Å²) in [5.74, 6) is 5.79. The molecule has 0 saturated carbocycles. The van der Waals surface area contributed by atoms with Crippen LogP contribution in [0.2, 0.25) is 10.0 Å². The van der Waals surface area contributed by atoms with E-state index < -0.39 is 0 Å². The van der Waals surface area contributed by atoms with Gasteiger partial charge in [-0.1, -0.05) is 43.1 Å². The second-order valence-corrected chi connectivity index (χ2v) is 6.31. The molecule has 3 N–H and O–H groups in total. The number of nitrogens with two attached hydrogens (primary N) is 1. The molecule has 1 unspecified atom stereocenters. The van der Waals surface area contributed by atoms with Gasteiger partial charge in [0.1, 0.15) is 0 Å². The van der Waals surface area contributed by atoms with Crippen molar-refractivity contribution in [1.29, 1.82) is 0 Å². The maximum atomic E-state index is 6.08. The number of rotatable bonds is 7. The highest BCUT2D eigenvalue weighted by Gasteiger charge is 2.33. The molecule has 0 heterocycles. The van der Waals surface area contributed by atoms with Gasteiger partial charge in [0, 0.05) is 11.6 Å². The number of halogens is 2. The van der Waals surface area contributed by atoms with Crippen molar-refractivity contribution < 1.29 is 0 Å². The van der Waals surface area contributed by atoms with Gasteiger partial charge in [0.15, 0.2) is 0 Å². The first-order valence-electron chi connectivity index (χ1n) is 7.01. The summed E-state index contributed by atoms with van der Waals surface area (Å²) in [6, 6.07) is 5.86. The molecule has 0 aliphatic carbocycles. The number of hydrogen-bond acceptors (Lipinski definition) is 3. The van der Waals surface area contributed by atoms with E-state index in [9.17, 15) is 0 Å². The predicted octanol–water partition coefficient (Wildman–Crippen LogP) is 3.49. The topological polar surface area (TPSA) is 41.3 Å². The van der Waals surface area contributed by atoms with E-state index in [1.165, 1.54) is 0 Å². The molecule has 0 bridgehead atoms. The maximum Gasteiger partial charge on any atom is 0.0595 e. The molecule has 0 aromatic heterocycles. The molecule has 20 heavy (non-hydrogen) atoms. The minimum atomic E-state index is -0.0512. The fourth-order valence-corrected chi connectivity index (χ4v) is 2.99. The molecule has 0 aliphatic rings. The number of hydrogen-bond donors (Lipinski definition) is 2. The normalized spacial score (nSPS) is 13.8. The molecule has 1 aromatic carbocycles. The Balaban J connectivity index is 2.93.